The Morgan fingerprint density at radius 1 is 1.50 bits per heavy atom. The van der Waals surface area contributed by atoms with Crippen LogP contribution in [0.15, 0.2) is 24.5 Å². The molecule has 0 spiro atoms. The van der Waals surface area contributed by atoms with Gasteiger partial charge in [-0.15, -0.1) is 0 Å². The van der Waals surface area contributed by atoms with E-state index in [0.29, 0.717) is 5.75 Å². The zero-order valence-electron chi connectivity index (χ0n) is 8.80. The van der Waals surface area contributed by atoms with Crippen LogP contribution in [-0.2, 0) is 14.3 Å². The first-order valence-corrected chi connectivity index (χ1v) is 4.58. The molecule has 0 radical (unpaired) electrons. The van der Waals surface area contributed by atoms with Crippen LogP contribution < -0.4 is 10.1 Å². The molecule has 0 unspecified atom stereocenters. The third-order valence-corrected chi connectivity index (χ3v) is 1.66. The number of nitrogens with zero attached hydrogens (tertiary/aromatic N) is 1. The quantitative estimate of drug-likeness (QED) is 0.698. The number of esters is 1. The highest BCUT2D eigenvalue weighted by Crippen LogP contribution is 2.04. The van der Waals surface area contributed by atoms with Gasteiger partial charge in [0.2, 0.25) is 0 Å². The van der Waals surface area contributed by atoms with Crippen LogP contribution in [-0.4, -0.2) is 37.1 Å². The van der Waals surface area contributed by atoms with Gasteiger partial charge in [-0.05, 0) is 12.1 Å². The lowest BCUT2D eigenvalue weighted by molar-refractivity contribution is -0.141. The number of hydrogen-bond donors (Lipinski definition) is 1. The Hall–Kier alpha value is -2.11. The van der Waals surface area contributed by atoms with Gasteiger partial charge in [0, 0.05) is 6.20 Å². The van der Waals surface area contributed by atoms with Crippen LogP contribution in [0.1, 0.15) is 0 Å². The molecule has 86 valence electrons. The molecule has 1 heterocycles. The highest BCUT2D eigenvalue weighted by atomic mass is 16.5. The second-order valence-corrected chi connectivity index (χ2v) is 2.83. The normalized spacial score (nSPS) is 9.31. The molecule has 1 aromatic heterocycles. The number of hydrogen-bond acceptors (Lipinski definition) is 5. The predicted molar refractivity (Wildman–Crippen MR) is 54.8 cm³/mol. The second-order valence-electron chi connectivity index (χ2n) is 2.83. The molecule has 0 aliphatic carbocycles. The van der Waals surface area contributed by atoms with Crippen molar-refractivity contribution in [1.29, 1.82) is 0 Å². The first-order valence-electron chi connectivity index (χ1n) is 4.58. The van der Waals surface area contributed by atoms with E-state index in [1.807, 2.05) is 0 Å². The molecule has 0 saturated carbocycles. The lowest BCUT2D eigenvalue weighted by Crippen LogP contribution is -2.33. The molecule has 0 aliphatic heterocycles. The lowest BCUT2D eigenvalue weighted by Gasteiger charge is -2.05. The summed E-state index contributed by atoms with van der Waals surface area (Å²) in [6.45, 7) is -0.325. The van der Waals surface area contributed by atoms with E-state index in [1.54, 1.807) is 18.3 Å². The molecular weight excluding hydrogens is 212 g/mol. The minimum absolute atomic E-state index is 0.161. The Labute approximate surface area is 92.6 Å². The van der Waals surface area contributed by atoms with Gasteiger partial charge >= 0.3 is 5.97 Å². The van der Waals surface area contributed by atoms with Crippen molar-refractivity contribution in [2.45, 2.75) is 0 Å². The number of pyridine rings is 1. The van der Waals surface area contributed by atoms with Gasteiger partial charge in [0.25, 0.3) is 5.91 Å². The molecule has 1 amide bonds. The fourth-order valence-corrected chi connectivity index (χ4v) is 0.875. The minimum Gasteiger partial charge on any atom is -0.482 e. The number of methoxy groups -OCH3 is 1. The Morgan fingerprint density at radius 3 is 2.94 bits per heavy atom. The summed E-state index contributed by atoms with van der Waals surface area (Å²) in [5.74, 6) is -0.403. The number of amides is 1. The summed E-state index contributed by atoms with van der Waals surface area (Å²) in [6.07, 6.45) is 3.10. The summed E-state index contributed by atoms with van der Waals surface area (Å²) in [7, 11) is 1.25. The van der Waals surface area contributed by atoms with Gasteiger partial charge in [-0.25, -0.2) is 0 Å². The summed E-state index contributed by atoms with van der Waals surface area (Å²) in [4.78, 5) is 25.7. The van der Waals surface area contributed by atoms with E-state index in [9.17, 15) is 9.59 Å². The van der Waals surface area contributed by atoms with Gasteiger partial charge < -0.3 is 14.8 Å². The molecule has 1 aromatic rings. The van der Waals surface area contributed by atoms with Crippen molar-refractivity contribution >= 4 is 11.9 Å². The lowest BCUT2D eigenvalue weighted by atomic mass is 10.5. The standard InChI is InChI=1S/C10H12N2O4/c1-15-10(14)6-12-9(13)7-16-8-3-2-4-11-5-8/h2-5H,6-7H2,1H3,(H,12,13). The van der Waals surface area contributed by atoms with Gasteiger partial charge in [0.1, 0.15) is 12.3 Å². The maximum atomic E-state index is 11.2. The van der Waals surface area contributed by atoms with E-state index in [-0.39, 0.29) is 13.2 Å². The van der Waals surface area contributed by atoms with Crippen LogP contribution >= 0.6 is 0 Å². The average molecular weight is 224 g/mol. The second kappa shape index (κ2) is 6.39. The summed E-state index contributed by atoms with van der Waals surface area (Å²) in [6, 6.07) is 3.38. The van der Waals surface area contributed by atoms with Crippen LogP contribution in [0.2, 0.25) is 0 Å². The average Bonchev–Trinajstić information content (AvgIpc) is 2.34. The Bertz CT molecular complexity index is 353. The number of rotatable bonds is 5. The van der Waals surface area contributed by atoms with E-state index in [2.05, 4.69) is 15.0 Å². The molecule has 0 atom stereocenters. The molecule has 0 fully saturated rings. The van der Waals surface area contributed by atoms with Crippen molar-refractivity contribution in [3.63, 3.8) is 0 Å². The van der Waals surface area contributed by atoms with Crippen molar-refractivity contribution in [3.8, 4) is 5.75 Å². The SMILES string of the molecule is COC(=O)CNC(=O)COc1cccnc1. The van der Waals surface area contributed by atoms with Crippen LogP contribution in [0.5, 0.6) is 5.75 Å². The fourth-order valence-electron chi connectivity index (χ4n) is 0.875. The summed E-state index contributed by atoms with van der Waals surface area (Å²) >= 11 is 0. The van der Waals surface area contributed by atoms with Gasteiger partial charge in [0.05, 0.1) is 13.3 Å². The van der Waals surface area contributed by atoms with E-state index in [0.717, 1.165) is 0 Å². The molecule has 0 aromatic carbocycles. The number of ether oxygens (including phenoxy) is 2. The van der Waals surface area contributed by atoms with Crippen molar-refractivity contribution < 1.29 is 19.1 Å². The molecule has 0 bridgehead atoms. The number of nitrogens with one attached hydrogen (secondary N) is 1. The van der Waals surface area contributed by atoms with Crippen molar-refractivity contribution in [2.24, 2.45) is 0 Å². The largest absolute Gasteiger partial charge is 0.482 e. The van der Waals surface area contributed by atoms with Gasteiger partial charge in [-0.3, -0.25) is 14.6 Å². The van der Waals surface area contributed by atoms with Crippen molar-refractivity contribution in [3.05, 3.63) is 24.5 Å². The Balaban J connectivity index is 2.23. The first-order chi connectivity index (χ1) is 7.72. The van der Waals surface area contributed by atoms with E-state index < -0.39 is 11.9 Å². The van der Waals surface area contributed by atoms with Crippen LogP contribution in [0.4, 0.5) is 0 Å². The Kier molecular flexibility index (Phi) is 4.78. The maximum absolute atomic E-state index is 11.2. The van der Waals surface area contributed by atoms with Crippen molar-refractivity contribution in [1.82, 2.24) is 10.3 Å². The fraction of sp³-hybridized carbons (Fsp3) is 0.300. The monoisotopic (exact) mass is 224 g/mol. The topological polar surface area (TPSA) is 77.5 Å². The zero-order chi connectivity index (χ0) is 11.8. The molecular formula is C10H12N2O4. The van der Waals surface area contributed by atoms with Gasteiger partial charge in [-0.2, -0.15) is 0 Å². The zero-order valence-corrected chi connectivity index (χ0v) is 8.80. The number of aromatic nitrogens is 1. The van der Waals surface area contributed by atoms with Crippen LogP contribution in [0.25, 0.3) is 0 Å². The molecule has 0 aliphatic rings. The molecule has 6 heteroatoms. The summed E-state index contributed by atoms with van der Waals surface area (Å²) in [5, 5.41) is 2.34. The van der Waals surface area contributed by atoms with Crippen LogP contribution in [0, 0.1) is 0 Å². The Morgan fingerprint density at radius 2 is 2.31 bits per heavy atom. The maximum Gasteiger partial charge on any atom is 0.325 e. The third kappa shape index (κ3) is 4.41. The first kappa shape index (κ1) is 12.0. The van der Waals surface area contributed by atoms with Gasteiger partial charge in [-0.1, -0.05) is 0 Å². The van der Waals surface area contributed by atoms with Gasteiger partial charge in [0.15, 0.2) is 6.61 Å². The molecule has 1 rings (SSSR count). The summed E-state index contributed by atoms with van der Waals surface area (Å²) < 4.78 is 9.47. The van der Waals surface area contributed by atoms with E-state index in [4.69, 9.17) is 4.74 Å². The molecule has 0 saturated heterocycles. The third-order valence-electron chi connectivity index (χ3n) is 1.66. The molecule has 1 N–H and O–H groups in total. The highest BCUT2D eigenvalue weighted by Gasteiger charge is 2.05. The van der Waals surface area contributed by atoms with E-state index >= 15 is 0 Å². The van der Waals surface area contributed by atoms with Crippen LogP contribution in [0.3, 0.4) is 0 Å². The molecule has 6 nitrogen and oxygen atoms in total. The van der Waals surface area contributed by atoms with Crippen molar-refractivity contribution in [2.75, 3.05) is 20.3 Å². The van der Waals surface area contributed by atoms with E-state index in [1.165, 1.54) is 13.3 Å². The highest BCUT2D eigenvalue weighted by molar-refractivity contribution is 5.82. The number of carbonyl (C=O) groups is 2. The number of carbonyl (C=O) groups excluding carboxylic acids is 2. The molecule has 16 heavy (non-hydrogen) atoms. The smallest absolute Gasteiger partial charge is 0.325 e. The minimum atomic E-state index is -0.505. The predicted octanol–water partition coefficient (Wildman–Crippen LogP) is -0.250. The summed E-state index contributed by atoms with van der Waals surface area (Å²) in [5.41, 5.74) is 0.